The van der Waals surface area contributed by atoms with Crippen molar-refractivity contribution in [1.29, 1.82) is 5.26 Å². The van der Waals surface area contributed by atoms with Gasteiger partial charge in [-0.25, -0.2) is 0 Å². The Morgan fingerprint density at radius 2 is 2.12 bits per heavy atom. The van der Waals surface area contributed by atoms with Gasteiger partial charge in [-0.15, -0.1) is 0 Å². The summed E-state index contributed by atoms with van der Waals surface area (Å²) in [5, 5.41) is 8.67. The maximum atomic E-state index is 11.9. The van der Waals surface area contributed by atoms with Gasteiger partial charge in [0.25, 0.3) is 0 Å². The Morgan fingerprint density at radius 3 is 2.65 bits per heavy atom. The molecule has 0 spiro atoms. The van der Waals surface area contributed by atoms with Gasteiger partial charge in [0.1, 0.15) is 5.92 Å². The van der Waals surface area contributed by atoms with Gasteiger partial charge in [0.2, 0.25) is 0 Å². The Morgan fingerprint density at radius 1 is 1.47 bits per heavy atom. The molecule has 17 heavy (non-hydrogen) atoms. The molecule has 0 heterocycles. The molecule has 3 heteroatoms. The maximum absolute atomic E-state index is 11.9. The minimum Gasteiger partial charge on any atom is -0.465 e. The number of hydrogen-bond donors (Lipinski definition) is 0. The van der Waals surface area contributed by atoms with Gasteiger partial charge in [-0.3, -0.25) is 4.79 Å². The van der Waals surface area contributed by atoms with Crippen molar-refractivity contribution in [3.8, 4) is 6.07 Å². The number of allylic oxidation sites excluding steroid dienone is 1. The van der Waals surface area contributed by atoms with E-state index in [4.69, 9.17) is 10.00 Å². The number of nitrogens with zero attached hydrogens (tertiary/aromatic N) is 1. The molecule has 1 rings (SSSR count). The molecule has 1 unspecified atom stereocenters. The molecule has 0 aliphatic rings. The second-order valence-corrected chi connectivity index (χ2v) is 3.61. The van der Waals surface area contributed by atoms with E-state index in [2.05, 4.69) is 0 Å². The zero-order valence-electron chi connectivity index (χ0n) is 10.0. The van der Waals surface area contributed by atoms with Gasteiger partial charge in [-0.1, -0.05) is 30.3 Å². The molecule has 1 aromatic rings. The van der Waals surface area contributed by atoms with Gasteiger partial charge < -0.3 is 4.74 Å². The third-order valence-corrected chi connectivity index (χ3v) is 2.40. The summed E-state index contributed by atoms with van der Waals surface area (Å²) >= 11 is 0. The first-order valence-electron chi connectivity index (χ1n) is 5.48. The Kier molecular flexibility index (Phi) is 4.96. The Labute approximate surface area is 101 Å². The fourth-order valence-corrected chi connectivity index (χ4v) is 1.64. The lowest BCUT2D eigenvalue weighted by atomic mass is 9.92. The van der Waals surface area contributed by atoms with Crippen LogP contribution in [0.4, 0.5) is 0 Å². The van der Waals surface area contributed by atoms with E-state index in [9.17, 15) is 4.79 Å². The highest BCUT2D eigenvalue weighted by molar-refractivity contribution is 5.81. The van der Waals surface area contributed by atoms with Crippen molar-refractivity contribution in [3.05, 3.63) is 47.5 Å². The minimum absolute atomic E-state index is 0.317. The molecule has 3 nitrogen and oxygen atoms in total. The fourth-order valence-electron chi connectivity index (χ4n) is 1.64. The van der Waals surface area contributed by atoms with E-state index >= 15 is 0 Å². The van der Waals surface area contributed by atoms with Gasteiger partial charge in [0.15, 0.2) is 0 Å². The van der Waals surface area contributed by atoms with Gasteiger partial charge >= 0.3 is 5.97 Å². The zero-order valence-corrected chi connectivity index (χ0v) is 10.0. The normalized spacial score (nSPS) is 12.6. The third-order valence-electron chi connectivity index (χ3n) is 2.40. The molecule has 0 bridgehead atoms. The molecule has 1 aromatic carbocycles. The molecule has 0 saturated heterocycles. The Hall–Kier alpha value is -2.08. The van der Waals surface area contributed by atoms with Crippen molar-refractivity contribution in [2.45, 2.75) is 19.8 Å². The lowest BCUT2D eigenvalue weighted by Gasteiger charge is -2.16. The van der Waals surface area contributed by atoms with Crippen molar-refractivity contribution in [2.75, 3.05) is 6.61 Å². The van der Waals surface area contributed by atoms with E-state index in [1.54, 1.807) is 13.8 Å². The number of rotatable bonds is 4. The van der Waals surface area contributed by atoms with E-state index in [-0.39, 0.29) is 5.97 Å². The molecule has 0 aliphatic heterocycles. The molecular formula is C14H15NO2. The van der Waals surface area contributed by atoms with Crippen LogP contribution in [0.3, 0.4) is 0 Å². The summed E-state index contributed by atoms with van der Waals surface area (Å²) in [6.45, 7) is 3.86. The molecule has 0 aliphatic carbocycles. The van der Waals surface area contributed by atoms with Crippen molar-refractivity contribution in [2.24, 2.45) is 0 Å². The molecule has 0 amide bonds. The summed E-state index contributed by atoms with van der Waals surface area (Å²) < 4.78 is 5.04. The van der Waals surface area contributed by atoms with E-state index in [0.29, 0.717) is 12.2 Å². The van der Waals surface area contributed by atoms with Crippen LogP contribution in [0.15, 0.2) is 42.0 Å². The lowest BCUT2D eigenvalue weighted by molar-refractivity contribution is -0.143. The van der Waals surface area contributed by atoms with E-state index < -0.39 is 5.92 Å². The molecule has 0 N–H and O–H groups in total. The fraction of sp³-hybridized carbons (Fsp3) is 0.286. The number of esters is 1. The number of benzene rings is 1. The predicted octanol–water partition coefficient (Wildman–Crippen LogP) is 2.80. The van der Waals surface area contributed by atoms with Crippen LogP contribution in [0.25, 0.3) is 0 Å². The second-order valence-electron chi connectivity index (χ2n) is 3.61. The third kappa shape index (κ3) is 3.46. The number of nitriles is 1. The van der Waals surface area contributed by atoms with Crippen molar-refractivity contribution >= 4 is 5.97 Å². The molecule has 0 radical (unpaired) electrons. The SMILES string of the molecule is CCOC(=O)C(C(C)=CC#N)c1ccccc1. The zero-order chi connectivity index (χ0) is 12.7. The van der Waals surface area contributed by atoms with Crippen LogP contribution in [-0.4, -0.2) is 12.6 Å². The van der Waals surface area contributed by atoms with Crippen LogP contribution in [-0.2, 0) is 9.53 Å². The summed E-state index contributed by atoms with van der Waals surface area (Å²) in [5.74, 6) is -0.807. The molecule has 88 valence electrons. The van der Waals surface area contributed by atoms with E-state index in [1.165, 1.54) is 6.08 Å². The van der Waals surface area contributed by atoms with Crippen LogP contribution in [0, 0.1) is 11.3 Å². The van der Waals surface area contributed by atoms with Crippen LogP contribution >= 0.6 is 0 Å². The summed E-state index contributed by atoms with van der Waals surface area (Å²) in [5.41, 5.74) is 1.53. The lowest BCUT2D eigenvalue weighted by Crippen LogP contribution is -2.17. The largest absolute Gasteiger partial charge is 0.465 e. The second kappa shape index (κ2) is 6.49. The van der Waals surface area contributed by atoms with Gasteiger partial charge in [-0.05, 0) is 25.0 Å². The van der Waals surface area contributed by atoms with E-state index in [1.807, 2.05) is 36.4 Å². The van der Waals surface area contributed by atoms with Gasteiger partial charge in [0.05, 0.1) is 12.7 Å². The topological polar surface area (TPSA) is 50.1 Å². The average molecular weight is 229 g/mol. The molecule has 1 atom stereocenters. The van der Waals surface area contributed by atoms with Crippen molar-refractivity contribution < 1.29 is 9.53 Å². The van der Waals surface area contributed by atoms with Crippen LogP contribution in [0.5, 0.6) is 0 Å². The van der Waals surface area contributed by atoms with Crippen LogP contribution < -0.4 is 0 Å². The number of carbonyl (C=O) groups excluding carboxylic acids is 1. The maximum Gasteiger partial charge on any atom is 0.317 e. The van der Waals surface area contributed by atoms with E-state index in [0.717, 1.165) is 5.56 Å². The first kappa shape index (κ1) is 13.0. The Balaban J connectivity index is 3.08. The first-order valence-corrected chi connectivity index (χ1v) is 5.48. The molecule has 0 saturated carbocycles. The minimum atomic E-state index is -0.490. The standard InChI is InChI=1S/C14H15NO2/c1-3-17-14(16)13(11(2)9-10-15)12-7-5-4-6-8-12/h4-9,13H,3H2,1-2H3. The summed E-state index contributed by atoms with van der Waals surface area (Å²) in [7, 11) is 0. The first-order chi connectivity index (χ1) is 8.20. The number of carbonyl (C=O) groups is 1. The quantitative estimate of drug-likeness (QED) is 0.589. The van der Waals surface area contributed by atoms with Crippen molar-refractivity contribution in [1.82, 2.24) is 0 Å². The highest BCUT2D eigenvalue weighted by atomic mass is 16.5. The predicted molar refractivity (Wildman–Crippen MR) is 65.2 cm³/mol. The van der Waals surface area contributed by atoms with Crippen LogP contribution in [0.2, 0.25) is 0 Å². The highest BCUT2D eigenvalue weighted by Crippen LogP contribution is 2.25. The smallest absolute Gasteiger partial charge is 0.317 e. The summed E-state index contributed by atoms with van der Waals surface area (Å²) in [6.07, 6.45) is 1.38. The number of hydrogen-bond acceptors (Lipinski definition) is 3. The molecule has 0 fully saturated rings. The van der Waals surface area contributed by atoms with Crippen molar-refractivity contribution in [3.63, 3.8) is 0 Å². The summed E-state index contributed by atoms with van der Waals surface area (Å²) in [6, 6.07) is 11.3. The van der Waals surface area contributed by atoms with Gasteiger partial charge in [-0.2, -0.15) is 5.26 Å². The molecule has 0 aromatic heterocycles. The summed E-state index contributed by atoms with van der Waals surface area (Å²) in [4.78, 5) is 11.9. The number of ether oxygens (including phenoxy) is 1. The van der Waals surface area contributed by atoms with Crippen LogP contribution in [0.1, 0.15) is 25.3 Å². The monoisotopic (exact) mass is 229 g/mol. The highest BCUT2D eigenvalue weighted by Gasteiger charge is 2.23. The Bertz CT molecular complexity index is 443. The average Bonchev–Trinajstić information content (AvgIpc) is 2.31. The molecular weight excluding hydrogens is 214 g/mol. The van der Waals surface area contributed by atoms with Gasteiger partial charge in [0, 0.05) is 6.08 Å².